The Labute approximate surface area is 138 Å². The van der Waals surface area contributed by atoms with Gasteiger partial charge in [-0.1, -0.05) is 25.5 Å². The third kappa shape index (κ3) is 4.47. The summed E-state index contributed by atoms with van der Waals surface area (Å²) in [5.74, 6) is -1.38. The number of para-hydroxylation sites is 1. The fourth-order valence-corrected chi connectivity index (χ4v) is 3.12. The maximum absolute atomic E-state index is 13.3. The summed E-state index contributed by atoms with van der Waals surface area (Å²) in [4.78, 5) is 3.78. The molecule has 2 rings (SSSR count). The largest absolute Gasteiger partial charge is 0.449 e. The lowest BCUT2D eigenvalue weighted by atomic mass is 10.1. The Morgan fingerprint density at radius 1 is 1.25 bits per heavy atom. The first-order valence-corrected chi connectivity index (χ1v) is 9.25. The molecule has 1 aromatic heterocycles. The van der Waals surface area contributed by atoms with Crippen molar-refractivity contribution in [3.63, 3.8) is 0 Å². The molecule has 0 aliphatic heterocycles. The molecule has 0 bridgehead atoms. The standard InChI is InChI=1S/C15H19F3N2O3S/c1-2-3-9-20-12-8-4-6-11(7-5-10-24(21,22)23)13(12)19-14(20)15(16,17)18/h4,6,8H,2-3,5,7,9-10H2,1H3,(H,21,22,23). The molecule has 9 heteroatoms. The van der Waals surface area contributed by atoms with Crippen LogP contribution < -0.4 is 0 Å². The number of unbranched alkanes of at least 4 members (excludes halogenated alkanes) is 1. The Balaban J connectivity index is 2.43. The van der Waals surface area contributed by atoms with E-state index in [4.69, 9.17) is 4.55 Å². The van der Waals surface area contributed by atoms with Gasteiger partial charge in [0, 0.05) is 6.54 Å². The first-order valence-electron chi connectivity index (χ1n) is 7.64. The normalized spacial score (nSPS) is 12.9. The van der Waals surface area contributed by atoms with E-state index in [9.17, 15) is 21.6 Å². The number of benzene rings is 1. The van der Waals surface area contributed by atoms with Crippen molar-refractivity contribution in [2.45, 2.75) is 45.3 Å². The van der Waals surface area contributed by atoms with E-state index in [1.54, 1.807) is 18.2 Å². The fourth-order valence-electron chi connectivity index (χ4n) is 2.61. The minimum absolute atomic E-state index is 0.112. The van der Waals surface area contributed by atoms with E-state index in [2.05, 4.69) is 4.98 Å². The zero-order valence-electron chi connectivity index (χ0n) is 13.2. The second-order valence-corrected chi connectivity index (χ2v) is 7.18. The number of fused-ring (bicyclic) bond motifs is 1. The topological polar surface area (TPSA) is 72.2 Å². The van der Waals surface area contributed by atoms with Gasteiger partial charge in [0.15, 0.2) is 0 Å². The highest BCUT2D eigenvalue weighted by atomic mass is 32.2. The van der Waals surface area contributed by atoms with Crippen molar-refractivity contribution in [2.75, 3.05) is 5.75 Å². The van der Waals surface area contributed by atoms with Crippen LogP contribution in [0.2, 0.25) is 0 Å². The molecule has 0 saturated carbocycles. The van der Waals surface area contributed by atoms with Gasteiger partial charge in [-0.15, -0.1) is 0 Å². The van der Waals surface area contributed by atoms with Gasteiger partial charge in [-0.25, -0.2) is 4.98 Å². The molecule has 0 aliphatic carbocycles. The number of rotatable bonds is 7. The second kappa shape index (κ2) is 7.10. The lowest BCUT2D eigenvalue weighted by Crippen LogP contribution is -2.15. The van der Waals surface area contributed by atoms with Gasteiger partial charge in [-0.2, -0.15) is 21.6 Å². The van der Waals surface area contributed by atoms with Crippen LogP contribution in [0.25, 0.3) is 11.0 Å². The van der Waals surface area contributed by atoms with Gasteiger partial charge in [0.2, 0.25) is 5.82 Å². The smallest absolute Gasteiger partial charge is 0.320 e. The maximum atomic E-state index is 13.3. The van der Waals surface area contributed by atoms with E-state index >= 15 is 0 Å². The highest BCUT2D eigenvalue weighted by Crippen LogP contribution is 2.33. The molecule has 0 unspecified atom stereocenters. The Bertz CT molecular complexity index is 813. The summed E-state index contributed by atoms with van der Waals surface area (Å²) in [7, 11) is -4.09. The van der Waals surface area contributed by atoms with Crippen molar-refractivity contribution in [1.82, 2.24) is 9.55 Å². The monoisotopic (exact) mass is 364 g/mol. The van der Waals surface area contributed by atoms with Crippen molar-refractivity contribution in [3.8, 4) is 0 Å². The van der Waals surface area contributed by atoms with Crippen molar-refractivity contribution >= 4 is 21.2 Å². The molecule has 1 N–H and O–H groups in total. The van der Waals surface area contributed by atoms with Crippen LogP contribution >= 0.6 is 0 Å². The van der Waals surface area contributed by atoms with Gasteiger partial charge in [-0.05, 0) is 30.9 Å². The van der Waals surface area contributed by atoms with Crippen LogP contribution in [0.4, 0.5) is 13.2 Å². The Hall–Kier alpha value is -1.61. The molecule has 0 aliphatic rings. The van der Waals surface area contributed by atoms with Crippen LogP contribution in [0.1, 0.15) is 37.6 Å². The van der Waals surface area contributed by atoms with Gasteiger partial charge >= 0.3 is 6.18 Å². The van der Waals surface area contributed by atoms with Crippen LogP contribution in [-0.4, -0.2) is 28.3 Å². The van der Waals surface area contributed by atoms with Crippen LogP contribution in [0.5, 0.6) is 0 Å². The molecule has 0 radical (unpaired) electrons. The number of imidazole rings is 1. The van der Waals surface area contributed by atoms with Gasteiger partial charge in [0.05, 0.1) is 16.8 Å². The quantitative estimate of drug-likeness (QED) is 0.761. The molecule has 1 aromatic carbocycles. The predicted octanol–water partition coefficient (Wildman–Crippen LogP) is 3.68. The van der Waals surface area contributed by atoms with Crippen LogP contribution in [-0.2, 0) is 29.3 Å². The maximum Gasteiger partial charge on any atom is 0.449 e. The molecule has 0 fully saturated rings. The summed E-state index contributed by atoms with van der Waals surface area (Å²) >= 11 is 0. The van der Waals surface area contributed by atoms with Crippen LogP contribution in [0, 0.1) is 0 Å². The highest BCUT2D eigenvalue weighted by molar-refractivity contribution is 7.85. The minimum Gasteiger partial charge on any atom is -0.320 e. The predicted molar refractivity (Wildman–Crippen MR) is 84.4 cm³/mol. The molecule has 5 nitrogen and oxygen atoms in total. The molecule has 2 aromatic rings. The van der Waals surface area contributed by atoms with Crippen molar-refractivity contribution in [3.05, 3.63) is 29.6 Å². The SMILES string of the molecule is CCCCn1c(C(F)(F)F)nc2c(CCCS(=O)(=O)O)cccc21. The summed E-state index contributed by atoms with van der Waals surface area (Å²) in [6.07, 6.45) is -2.87. The first-order chi connectivity index (χ1) is 11.1. The first kappa shape index (κ1) is 18.7. The van der Waals surface area contributed by atoms with Crippen LogP contribution in [0.3, 0.4) is 0 Å². The van der Waals surface area contributed by atoms with Gasteiger partial charge in [0.1, 0.15) is 0 Å². The minimum atomic E-state index is -4.56. The molecule has 0 atom stereocenters. The van der Waals surface area contributed by atoms with E-state index in [0.717, 1.165) is 6.42 Å². The fraction of sp³-hybridized carbons (Fsp3) is 0.533. The van der Waals surface area contributed by atoms with Gasteiger partial charge in [-0.3, -0.25) is 4.55 Å². The average molecular weight is 364 g/mol. The number of hydrogen-bond acceptors (Lipinski definition) is 3. The van der Waals surface area contributed by atoms with Crippen molar-refractivity contribution < 1.29 is 26.1 Å². The summed E-state index contributed by atoms with van der Waals surface area (Å²) in [5, 5.41) is 0. The number of nitrogens with zero attached hydrogens (tertiary/aromatic N) is 2. The molecule has 0 saturated heterocycles. The number of hydrogen-bond donors (Lipinski definition) is 1. The van der Waals surface area contributed by atoms with E-state index in [0.29, 0.717) is 17.5 Å². The second-order valence-electron chi connectivity index (χ2n) is 5.61. The lowest BCUT2D eigenvalue weighted by Gasteiger charge is -2.10. The zero-order chi connectivity index (χ0) is 18.0. The molecule has 134 valence electrons. The summed E-state index contributed by atoms with van der Waals surface area (Å²) in [6.45, 7) is 2.11. The highest BCUT2D eigenvalue weighted by Gasteiger charge is 2.37. The Kier molecular flexibility index (Phi) is 5.54. The number of alkyl halides is 3. The van der Waals surface area contributed by atoms with Crippen LogP contribution in [0.15, 0.2) is 18.2 Å². The summed E-state index contributed by atoms with van der Waals surface area (Å²) < 4.78 is 71.3. The number of aromatic nitrogens is 2. The van der Waals surface area contributed by atoms with Gasteiger partial charge < -0.3 is 4.57 Å². The molecule has 24 heavy (non-hydrogen) atoms. The third-order valence-electron chi connectivity index (χ3n) is 3.70. The number of aryl methyl sites for hydroxylation is 2. The third-order valence-corrected chi connectivity index (χ3v) is 4.50. The van der Waals surface area contributed by atoms with E-state index < -0.39 is 27.9 Å². The van der Waals surface area contributed by atoms with E-state index in [1.165, 1.54) is 4.57 Å². The molecular formula is C15H19F3N2O3S. The van der Waals surface area contributed by atoms with E-state index in [1.807, 2.05) is 6.92 Å². The van der Waals surface area contributed by atoms with Crippen molar-refractivity contribution in [2.24, 2.45) is 0 Å². The molecule has 0 spiro atoms. The Morgan fingerprint density at radius 2 is 1.96 bits per heavy atom. The average Bonchev–Trinajstić information content (AvgIpc) is 2.83. The molecular weight excluding hydrogens is 345 g/mol. The summed E-state index contributed by atoms with van der Waals surface area (Å²) in [5.41, 5.74) is 1.16. The molecule has 1 heterocycles. The zero-order valence-corrected chi connectivity index (χ0v) is 14.0. The van der Waals surface area contributed by atoms with Crippen molar-refractivity contribution in [1.29, 1.82) is 0 Å². The number of halogens is 3. The summed E-state index contributed by atoms with van der Waals surface area (Å²) in [6, 6.07) is 4.85. The Morgan fingerprint density at radius 3 is 2.54 bits per heavy atom. The van der Waals surface area contributed by atoms with E-state index in [-0.39, 0.29) is 24.9 Å². The van der Waals surface area contributed by atoms with Gasteiger partial charge in [0.25, 0.3) is 10.1 Å². The lowest BCUT2D eigenvalue weighted by molar-refractivity contribution is -0.147. The molecule has 0 amide bonds.